The van der Waals surface area contributed by atoms with E-state index in [0.29, 0.717) is 19.3 Å². The van der Waals surface area contributed by atoms with E-state index >= 15 is 0 Å². The highest BCUT2D eigenvalue weighted by Gasteiger charge is 2.27. The Kier molecular flexibility index (Phi) is 3.88. The van der Waals surface area contributed by atoms with Gasteiger partial charge in [0.05, 0.1) is 12.6 Å². The van der Waals surface area contributed by atoms with Crippen molar-refractivity contribution in [2.45, 2.75) is 38.3 Å². The first kappa shape index (κ1) is 11.0. The summed E-state index contributed by atoms with van der Waals surface area (Å²) >= 11 is 0. The summed E-state index contributed by atoms with van der Waals surface area (Å²) in [6.45, 7) is 1.82. The van der Waals surface area contributed by atoms with E-state index in [9.17, 15) is 9.59 Å². The van der Waals surface area contributed by atoms with Crippen LogP contribution in [-0.2, 0) is 9.59 Å². The van der Waals surface area contributed by atoms with Gasteiger partial charge in [-0.3, -0.25) is 9.59 Å². The van der Waals surface area contributed by atoms with Crippen LogP contribution in [0.5, 0.6) is 0 Å². The molecule has 80 valence electrons. The van der Waals surface area contributed by atoms with E-state index < -0.39 is 6.04 Å². The summed E-state index contributed by atoms with van der Waals surface area (Å²) in [5.74, 6) is -0.279. The fourth-order valence-corrected chi connectivity index (χ4v) is 1.39. The number of carbonyl (C=O) groups excluding carboxylic acids is 2. The van der Waals surface area contributed by atoms with Crippen LogP contribution in [0.4, 0.5) is 0 Å². The third-order valence-corrected chi connectivity index (χ3v) is 2.37. The number of rotatable bonds is 4. The third-order valence-electron chi connectivity index (χ3n) is 2.37. The van der Waals surface area contributed by atoms with Crippen LogP contribution >= 0.6 is 0 Å². The van der Waals surface area contributed by atoms with Crippen molar-refractivity contribution < 1.29 is 14.7 Å². The van der Waals surface area contributed by atoms with Gasteiger partial charge in [0.25, 0.3) is 0 Å². The van der Waals surface area contributed by atoms with Gasteiger partial charge in [-0.2, -0.15) is 0 Å². The van der Waals surface area contributed by atoms with Gasteiger partial charge in [-0.1, -0.05) is 6.92 Å². The molecular weight excluding hydrogens is 184 g/mol. The Morgan fingerprint density at radius 1 is 1.79 bits per heavy atom. The van der Waals surface area contributed by atoms with Gasteiger partial charge in [0.15, 0.2) is 0 Å². The molecule has 0 spiro atoms. The third kappa shape index (κ3) is 2.70. The number of aliphatic hydroxyl groups excluding tert-OH is 1. The van der Waals surface area contributed by atoms with Crippen molar-refractivity contribution in [2.24, 2.45) is 0 Å². The van der Waals surface area contributed by atoms with Crippen molar-refractivity contribution in [3.8, 4) is 0 Å². The van der Waals surface area contributed by atoms with Crippen LogP contribution in [0.1, 0.15) is 26.2 Å². The molecule has 2 atom stereocenters. The minimum atomic E-state index is -0.414. The average molecular weight is 200 g/mol. The molecule has 0 aromatic carbocycles. The van der Waals surface area contributed by atoms with Gasteiger partial charge in [0.1, 0.15) is 6.04 Å². The molecule has 0 radical (unpaired) electrons. The number of aliphatic hydroxyl groups is 1. The zero-order chi connectivity index (χ0) is 10.6. The molecule has 0 aromatic rings. The summed E-state index contributed by atoms with van der Waals surface area (Å²) < 4.78 is 0. The zero-order valence-electron chi connectivity index (χ0n) is 8.25. The normalized spacial score (nSPS) is 23.0. The summed E-state index contributed by atoms with van der Waals surface area (Å²) in [6.07, 6.45) is 1.64. The number of nitrogens with one attached hydrogen (secondary N) is 2. The summed E-state index contributed by atoms with van der Waals surface area (Å²) in [5.41, 5.74) is 0. The Morgan fingerprint density at radius 3 is 2.93 bits per heavy atom. The molecule has 5 heteroatoms. The van der Waals surface area contributed by atoms with Crippen molar-refractivity contribution >= 4 is 11.8 Å². The Morgan fingerprint density at radius 2 is 2.50 bits per heavy atom. The molecule has 14 heavy (non-hydrogen) atoms. The van der Waals surface area contributed by atoms with E-state index in [0.717, 1.165) is 0 Å². The molecule has 1 rings (SSSR count). The highest BCUT2D eigenvalue weighted by atomic mass is 16.3. The Bertz CT molecular complexity index is 226. The molecule has 2 unspecified atom stereocenters. The summed E-state index contributed by atoms with van der Waals surface area (Å²) in [5, 5.41) is 14.1. The van der Waals surface area contributed by atoms with Crippen molar-refractivity contribution in [1.82, 2.24) is 10.6 Å². The van der Waals surface area contributed by atoms with E-state index in [1.165, 1.54) is 0 Å². The number of hydrogen-bond acceptors (Lipinski definition) is 3. The molecule has 0 bridgehead atoms. The summed E-state index contributed by atoms with van der Waals surface area (Å²) in [6, 6.07) is -0.622. The second-order valence-electron chi connectivity index (χ2n) is 3.46. The lowest BCUT2D eigenvalue weighted by Gasteiger charge is -2.17. The van der Waals surface area contributed by atoms with E-state index in [4.69, 9.17) is 5.11 Å². The van der Waals surface area contributed by atoms with Crippen molar-refractivity contribution in [1.29, 1.82) is 0 Å². The van der Waals surface area contributed by atoms with E-state index in [1.54, 1.807) is 0 Å². The molecule has 0 aromatic heterocycles. The van der Waals surface area contributed by atoms with Crippen LogP contribution in [0.2, 0.25) is 0 Å². The predicted molar refractivity (Wildman–Crippen MR) is 50.5 cm³/mol. The first-order valence-corrected chi connectivity index (χ1v) is 4.88. The van der Waals surface area contributed by atoms with E-state index in [-0.39, 0.29) is 24.5 Å². The Balaban J connectivity index is 2.38. The van der Waals surface area contributed by atoms with Crippen LogP contribution in [-0.4, -0.2) is 35.6 Å². The van der Waals surface area contributed by atoms with Gasteiger partial charge in [-0.15, -0.1) is 0 Å². The van der Waals surface area contributed by atoms with Gasteiger partial charge in [-0.05, 0) is 12.8 Å². The lowest BCUT2D eigenvalue weighted by atomic mass is 10.2. The largest absolute Gasteiger partial charge is 0.394 e. The van der Waals surface area contributed by atoms with Crippen LogP contribution in [0.3, 0.4) is 0 Å². The molecule has 1 saturated heterocycles. The van der Waals surface area contributed by atoms with Gasteiger partial charge in [0.2, 0.25) is 11.8 Å². The average Bonchev–Trinajstić information content (AvgIpc) is 2.61. The number of amides is 2. The van der Waals surface area contributed by atoms with Crippen LogP contribution in [0.25, 0.3) is 0 Å². The van der Waals surface area contributed by atoms with E-state index in [2.05, 4.69) is 10.6 Å². The molecule has 1 fully saturated rings. The molecule has 3 N–H and O–H groups in total. The maximum absolute atomic E-state index is 11.5. The van der Waals surface area contributed by atoms with Crippen LogP contribution < -0.4 is 10.6 Å². The molecule has 1 heterocycles. The van der Waals surface area contributed by atoms with E-state index in [1.807, 2.05) is 6.92 Å². The minimum absolute atomic E-state index is 0.0666. The number of carbonyl (C=O) groups is 2. The molecule has 1 aliphatic rings. The van der Waals surface area contributed by atoms with Crippen molar-refractivity contribution in [3.05, 3.63) is 0 Å². The summed E-state index contributed by atoms with van der Waals surface area (Å²) in [7, 11) is 0. The first-order chi connectivity index (χ1) is 6.67. The topological polar surface area (TPSA) is 78.4 Å². The Hall–Kier alpha value is -1.10. The van der Waals surface area contributed by atoms with Gasteiger partial charge in [0, 0.05) is 6.42 Å². The van der Waals surface area contributed by atoms with Crippen LogP contribution in [0.15, 0.2) is 0 Å². The molecule has 0 saturated carbocycles. The molecular formula is C9H16N2O3. The molecule has 5 nitrogen and oxygen atoms in total. The fourth-order valence-electron chi connectivity index (χ4n) is 1.39. The highest BCUT2D eigenvalue weighted by molar-refractivity contribution is 5.90. The van der Waals surface area contributed by atoms with Crippen molar-refractivity contribution in [2.75, 3.05) is 6.61 Å². The zero-order valence-corrected chi connectivity index (χ0v) is 8.25. The SMILES string of the molecule is CCC(CO)NC(=O)C1CCC(=O)N1. The Labute approximate surface area is 82.9 Å². The van der Waals surface area contributed by atoms with Gasteiger partial charge >= 0.3 is 0 Å². The highest BCUT2D eigenvalue weighted by Crippen LogP contribution is 2.06. The second-order valence-corrected chi connectivity index (χ2v) is 3.46. The second kappa shape index (κ2) is 4.95. The standard InChI is InChI=1S/C9H16N2O3/c1-2-6(5-12)10-9(14)7-3-4-8(13)11-7/h6-7,12H,2-5H2,1H3,(H,10,14)(H,11,13). The molecule has 1 aliphatic heterocycles. The van der Waals surface area contributed by atoms with Gasteiger partial charge < -0.3 is 15.7 Å². The monoisotopic (exact) mass is 200 g/mol. The lowest BCUT2D eigenvalue weighted by Crippen LogP contribution is -2.46. The quantitative estimate of drug-likeness (QED) is 0.553. The smallest absolute Gasteiger partial charge is 0.242 e. The minimum Gasteiger partial charge on any atom is -0.394 e. The predicted octanol–water partition coefficient (Wildman–Crippen LogP) is -0.848. The lowest BCUT2D eigenvalue weighted by molar-refractivity contribution is -0.126. The number of hydrogen-bond donors (Lipinski definition) is 3. The fraction of sp³-hybridized carbons (Fsp3) is 0.778. The van der Waals surface area contributed by atoms with Crippen LogP contribution in [0, 0.1) is 0 Å². The maximum atomic E-state index is 11.5. The first-order valence-electron chi connectivity index (χ1n) is 4.88. The van der Waals surface area contributed by atoms with Gasteiger partial charge in [-0.25, -0.2) is 0 Å². The van der Waals surface area contributed by atoms with Crippen molar-refractivity contribution in [3.63, 3.8) is 0 Å². The molecule has 2 amide bonds. The maximum Gasteiger partial charge on any atom is 0.242 e. The summed E-state index contributed by atoms with van der Waals surface area (Å²) in [4.78, 5) is 22.3. The molecule has 0 aliphatic carbocycles.